The minimum atomic E-state index is -0.558. The third-order valence-electron chi connectivity index (χ3n) is 4.22. The fourth-order valence-electron chi connectivity index (χ4n) is 3.07. The van der Waals surface area contributed by atoms with Crippen LogP contribution < -0.4 is 5.73 Å². The van der Waals surface area contributed by atoms with Gasteiger partial charge in [-0.1, -0.05) is 6.92 Å². The topological polar surface area (TPSA) is 55.5 Å². The van der Waals surface area contributed by atoms with E-state index in [1.165, 1.54) is 0 Å². The zero-order chi connectivity index (χ0) is 10.2. The predicted molar refractivity (Wildman–Crippen MR) is 54.9 cm³/mol. The highest BCUT2D eigenvalue weighted by Crippen LogP contribution is 2.49. The summed E-state index contributed by atoms with van der Waals surface area (Å²) in [7, 11) is 0. The van der Waals surface area contributed by atoms with Crippen molar-refractivity contribution in [2.45, 2.75) is 38.2 Å². The van der Waals surface area contributed by atoms with E-state index >= 15 is 0 Å². The summed E-state index contributed by atoms with van der Waals surface area (Å²) in [4.78, 5) is 0. The molecule has 82 valence electrons. The molecule has 3 atom stereocenters. The molecular formula is C11H21NO2. The summed E-state index contributed by atoms with van der Waals surface area (Å²) < 4.78 is 5.42. The molecule has 1 saturated heterocycles. The first-order valence-corrected chi connectivity index (χ1v) is 5.62. The minimum Gasteiger partial charge on any atom is -0.389 e. The highest BCUT2D eigenvalue weighted by Gasteiger charge is 2.54. The van der Waals surface area contributed by atoms with Gasteiger partial charge in [0.25, 0.3) is 0 Å². The van der Waals surface area contributed by atoms with Gasteiger partial charge in [0.1, 0.15) is 0 Å². The summed E-state index contributed by atoms with van der Waals surface area (Å²) in [6, 6.07) is 0. The molecule has 3 heteroatoms. The molecule has 0 bridgehead atoms. The zero-order valence-corrected chi connectivity index (χ0v) is 8.96. The van der Waals surface area contributed by atoms with Crippen LogP contribution in [0, 0.1) is 11.3 Å². The number of hydrogen-bond donors (Lipinski definition) is 2. The van der Waals surface area contributed by atoms with Crippen LogP contribution in [0.3, 0.4) is 0 Å². The normalized spacial score (nSPS) is 48.6. The van der Waals surface area contributed by atoms with Crippen LogP contribution in [0.25, 0.3) is 0 Å². The molecule has 3 unspecified atom stereocenters. The molecule has 1 saturated carbocycles. The molecular weight excluding hydrogens is 178 g/mol. The van der Waals surface area contributed by atoms with Crippen LogP contribution in [0.5, 0.6) is 0 Å². The number of aliphatic hydroxyl groups is 1. The number of nitrogens with two attached hydrogens (primary N) is 1. The molecule has 0 amide bonds. The van der Waals surface area contributed by atoms with Crippen LogP contribution in [0.1, 0.15) is 32.6 Å². The van der Waals surface area contributed by atoms with Gasteiger partial charge < -0.3 is 15.6 Å². The molecule has 3 nitrogen and oxygen atoms in total. The first kappa shape index (κ1) is 10.4. The van der Waals surface area contributed by atoms with Crippen molar-refractivity contribution in [3.8, 4) is 0 Å². The Bertz CT molecular complexity index is 213. The van der Waals surface area contributed by atoms with Crippen LogP contribution in [0.2, 0.25) is 0 Å². The average molecular weight is 199 g/mol. The molecule has 1 aliphatic carbocycles. The maximum absolute atomic E-state index is 10.7. The van der Waals surface area contributed by atoms with Gasteiger partial charge in [0.15, 0.2) is 0 Å². The molecule has 0 aromatic heterocycles. The highest BCUT2D eigenvalue weighted by atomic mass is 16.5. The lowest BCUT2D eigenvalue weighted by atomic mass is 9.70. The van der Waals surface area contributed by atoms with Crippen molar-refractivity contribution in [1.29, 1.82) is 0 Å². The largest absolute Gasteiger partial charge is 0.389 e. The number of hydrogen-bond acceptors (Lipinski definition) is 3. The number of rotatable bonds is 2. The summed E-state index contributed by atoms with van der Waals surface area (Å²) in [5, 5.41) is 10.7. The molecule has 2 fully saturated rings. The molecule has 14 heavy (non-hydrogen) atoms. The van der Waals surface area contributed by atoms with E-state index in [1.54, 1.807) is 0 Å². The van der Waals surface area contributed by atoms with Gasteiger partial charge in [0, 0.05) is 18.6 Å². The van der Waals surface area contributed by atoms with E-state index in [9.17, 15) is 5.11 Å². The summed E-state index contributed by atoms with van der Waals surface area (Å²) in [6.45, 7) is 4.16. The van der Waals surface area contributed by atoms with Crippen molar-refractivity contribution in [2.75, 3.05) is 19.8 Å². The van der Waals surface area contributed by atoms with Crippen LogP contribution in [0.4, 0.5) is 0 Å². The quantitative estimate of drug-likeness (QED) is 0.695. The van der Waals surface area contributed by atoms with E-state index in [4.69, 9.17) is 10.5 Å². The third kappa shape index (κ3) is 1.38. The van der Waals surface area contributed by atoms with Gasteiger partial charge in [-0.25, -0.2) is 0 Å². The van der Waals surface area contributed by atoms with E-state index in [0.717, 1.165) is 32.3 Å². The standard InChI is InChI=1S/C11H21NO2/c1-9-2-3-11(13,6-9)10(7-12)4-5-14-8-10/h9,13H,2-8,12H2,1H3. The van der Waals surface area contributed by atoms with Gasteiger partial charge >= 0.3 is 0 Å². The lowest BCUT2D eigenvalue weighted by Gasteiger charge is -2.41. The van der Waals surface area contributed by atoms with E-state index < -0.39 is 5.60 Å². The van der Waals surface area contributed by atoms with Gasteiger partial charge in [0.05, 0.1) is 12.2 Å². The highest BCUT2D eigenvalue weighted by molar-refractivity contribution is 5.05. The van der Waals surface area contributed by atoms with Gasteiger partial charge in [-0.05, 0) is 31.6 Å². The zero-order valence-electron chi connectivity index (χ0n) is 8.96. The fraction of sp³-hybridized carbons (Fsp3) is 1.00. The predicted octanol–water partition coefficient (Wildman–Crippen LogP) is 0.903. The van der Waals surface area contributed by atoms with Crippen molar-refractivity contribution in [1.82, 2.24) is 0 Å². The van der Waals surface area contributed by atoms with Crippen LogP contribution in [-0.2, 0) is 4.74 Å². The molecule has 0 spiro atoms. The summed E-state index contributed by atoms with van der Waals surface area (Å²) in [6.07, 6.45) is 3.84. The smallest absolute Gasteiger partial charge is 0.0741 e. The first-order valence-electron chi connectivity index (χ1n) is 5.62. The first-order chi connectivity index (χ1) is 6.62. The Kier molecular flexibility index (Phi) is 2.58. The maximum Gasteiger partial charge on any atom is 0.0741 e. The van der Waals surface area contributed by atoms with E-state index in [1.807, 2.05) is 0 Å². The Balaban J connectivity index is 2.18. The van der Waals surface area contributed by atoms with Gasteiger partial charge in [-0.3, -0.25) is 0 Å². The Morgan fingerprint density at radius 2 is 2.29 bits per heavy atom. The molecule has 2 rings (SSSR count). The maximum atomic E-state index is 10.7. The molecule has 0 aromatic carbocycles. The lowest BCUT2D eigenvalue weighted by molar-refractivity contribution is -0.0798. The second kappa shape index (κ2) is 3.47. The molecule has 3 N–H and O–H groups in total. The van der Waals surface area contributed by atoms with Crippen molar-refractivity contribution >= 4 is 0 Å². The Labute approximate surface area is 85.6 Å². The van der Waals surface area contributed by atoms with Crippen LogP contribution >= 0.6 is 0 Å². The van der Waals surface area contributed by atoms with Crippen molar-refractivity contribution < 1.29 is 9.84 Å². The van der Waals surface area contributed by atoms with E-state index in [0.29, 0.717) is 19.1 Å². The summed E-state index contributed by atoms with van der Waals surface area (Å²) in [5.41, 5.74) is 5.13. The second-order valence-electron chi connectivity index (χ2n) is 5.17. The third-order valence-corrected chi connectivity index (χ3v) is 4.22. The monoisotopic (exact) mass is 199 g/mol. The van der Waals surface area contributed by atoms with E-state index in [2.05, 4.69) is 6.92 Å². The van der Waals surface area contributed by atoms with Gasteiger partial charge in [-0.15, -0.1) is 0 Å². The lowest BCUT2D eigenvalue weighted by Crippen LogP contribution is -2.51. The van der Waals surface area contributed by atoms with Crippen molar-refractivity contribution in [3.05, 3.63) is 0 Å². The Hall–Kier alpha value is -0.120. The van der Waals surface area contributed by atoms with Crippen LogP contribution in [0.15, 0.2) is 0 Å². The number of ether oxygens (including phenoxy) is 1. The minimum absolute atomic E-state index is 0.155. The average Bonchev–Trinajstić information content (AvgIpc) is 2.74. The van der Waals surface area contributed by atoms with Crippen molar-refractivity contribution in [3.63, 3.8) is 0 Å². The molecule has 0 aromatic rings. The van der Waals surface area contributed by atoms with Crippen molar-refractivity contribution in [2.24, 2.45) is 17.1 Å². The molecule has 0 radical (unpaired) electrons. The SMILES string of the molecule is CC1CCC(O)(C2(CN)CCOC2)C1. The molecule has 1 heterocycles. The molecule has 1 aliphatic heterocycles. The second-order valence-corrected chi connectivity index (χ2v) is 5.17. The van der Waals surface area contributed by atoms with Gasteiger partial charge in [0.2, 0.25) is 0 Å². The Morgan fingerprint density at radius 3 is 2.71 bits per heavy atom. The van der Waals surface area contributed by atoms with E-state index in [-0.39, 0.29) is 5.41 Å². The summed E-state index contributed by atoms with van der Waals surface area (Å²) in [5.74, 6) is 0.629. The summed E-state index contributed by atoms with van der Waals surface area (Å²) >= 11 is 0. The van der Waals surface area contributed by atoms with Gasteiger partial charge in [-0.2, -0.15) is 0 Å². The van der Waals surface area contributed by atoms with Crippen LogP contribution in [-0.4, -0.2) is 30.5 Å². The Morgan fingerprint density at radius 1 is 1.50 bits per heavy atom. The molecule has 2 aliphatic rings. The fourth-order valence-corrected chi connectivity index (χ4v) is 3.07.